The van der Waals surface area contributed by atoms with Crippen molar-refractivity contribution in [3.05, 3.63) is 0 Å². The summed E-state index contributed by atoms with van der Waals surface area (Å²) in [6, 6.07) is 1.42. The van der Waals surface area contributed by atoms with Crippen LogP contribution in [0.5, 0.6) is 0 Å². The van der Waals surface area contributed by atoms with Crippen molar-refractivity contribution < 1.29 is 0 Å². The van der Waals surface area contributed by atoms with Gasteiger partial charge in [0, 0.05) is 12.1 Å². The lowest BCUT2D eigenvalue weighted by atomic mass is 10.1. The number of hydrogen-bond donors (Lipinski definition) is 1. The molecule has 1 rings (SSSR count). The number of nitrogens with one attached hydrogen (secondary N) is 1. The zero-order valence-corrected chi connectivity index (χ0v) is 8.64. The van der Waals surface area contributed by atoms with Gasteiger partial charge in [-0.2, -0.15) is 0 Å². The fourth-order valence-electron chi connectivity index (χ4n) is 1.72. The first-order valence-corrected chi connectivity index (χ1v) is 5.17. The Balaban J connectivity index is 2.34. The van der Waals surface area contributed by atoms with Gasteiger partial charge in [0.25, 0.3) is 0 Å². The van der Waals surface area contributed by atoms with Gasteiger partial charge in [0.2, 0.25) is 0 Å². The van der Waals surface area contributed by atoms with Crippen LogP contribution in [-0.4, -0.2) is 36.6 Å². The standard InChI is InChI=1S/C10H22N2/c1-9(2)12-7-4-6-11-10(3)5-8-12/h9-11H,4-8H2,1-3H3. The van der Waals surface area contributed by atoms with E-state index < -0.39 is 0 Å². The van der Waals surface area contributed by atoms with E-state index in [0.717, 1.165) is 6.04 Å². The number of rotatable bonds is 1. The first-order valence-electron chi connectivity index (χ1n) is 5.17. The lowest BCUT2D eigenvalue weighted by molar-refractivity contribution is 0.194. The maximum absolute atomic E-state index is 3.52. The van der Waals surface area contributed by atoms with Crippen molar-refractivity contribution in [1.82, 2.24) is 10.2 Å². The molecular formula is C10H22N2. The Kier molecular flexibility index (Phi) is 4.02. The first kappa shape index (κ1) is 10.0. The van der Waals surface area contributed by atoms with E-state index in [1.165, 1.54) is 32.5 Å². The molecule has 0 aromatic rings. The van der Waals surface area contributed by atoms with E-state index in [9.17, 15) is 0 Å². The molecular weight excluding hydrogens is 148 g/mol. The smallest absolute Gasteiger partial charge is 0.00509 e. The normalized spacial score (nSPS) is 28.5. The molecule has 1 N–H and O–H groups in total. The molecule has 0 aromatic carbocycles. The third kappa shape index (κ3) is 3.11. The summed E-state index contributed by atoms with van der Waals surface area (Å²) < 4.78 is 0. The molecule has 2 nitrogen and oxygen atoms in total. The molecule has 2 heteroatoms. The minimum Gasteiger partial charge on any atom is -0.314 e. The molecule has 0 aliphatic carbocycles. The maximum Gasteiger partial charge on any atom is 0.00509 e. The van der Waals surface area contributed by atoms with Gasteiger partial charge >= 0.3 is 0 Å². The van der Waals surface area contributed by atoms with Gasteiger partial charge in [-0.05, 0) is 53.2 Å². The average molecular weight is 170 g/mol. The highest BCUT2D eigenvalue weighted by molar-refractivity contribution is 4.71. The Morgan fingerprint density at radius 1 is 1.33 bits per heavy atom. The van der Waals surface area contributed by atoms with Crippen molar-refractivity contribution in [3.8, 4) is 0 Å². The zero-order chi connectivity index (χ0) is 8.97. The summed E-state index contributed by atoms with van der Waals surface area (Å²) in [5, 5.41) is 3.52. The van der Waals surface area contributed by atoms with Gasteiger partial charge in [-0.1, -0.05) is 0 Å². The topological polar surface area (TPSA) is 15.3 Å². The van der Waals surface area contributed by atoms with Crippen molar-refractivity contribution in [2.75, 3.05) is 19.6 Å². The molecule has 0 radical (unpaired) electrons. The molecule has 1 aliphatic rings. The van der Waals surface area contributed by atoms with Crippen LogP contribution < -0.4 is 5.32 Å². The van der Waals surface area contributed by atoms with Gasteiger partial charge in [0.05, 0.1) is 0 Å². The van der Waals surface area contributed by atoms with E-state index in [1.54, 1.807) is 0 Å². The number of hydrogen-bond acceptors (Lipinski definition) is 2. The predicted molar refractivity (Wildman–Crippen MR) is 53.4 cm³/mol. The Hall–Kier alpha value is -0.0800. The minimum absolute atomic E-state index is 0.701. The molecule has 1 unspecified atom stereocenters. The first-order chi connectivity index (χ1) is 5.70. The van der Waals surface area contributed by atoms with E-state index in [1.807, 2.05) is 0 Å². The zero-order valence-electron chi connectivity index (χ0n) is 8.64. The second-order valence-electron chi connectivity index (χ2n) is 4.13. The quantitative estimate of drug-likeness (QED) is 0.641. The van der Waals surface area contributed by atoms with Crippen LogP contribution in [0.15, 0.2) is 0 Å². The monoisotopic (exact) mass is 170 g/mol. The summed E-state index contributed by atoms with van der Waals surface area (Å²) >= 11 is 0. The Morgan fingerprint density at radius 3 is 2.75 bits per heavy atom. The molecule has 1 heterocycles. The van der Waals surface area contributed by atoms with Crippen molar-refractivity contribution in [3.63, 3.8) is 0 Å². The van der Waals surface area contributed by atoms with Crippen LogP contribution in [0.1, 0.15) is 33.6 Å². The largest absolute Gasteiger partial charge is 0.314 e. The summed E-state index contributed by atoms with van der Waals surface area (Å²) in [5.74, 6) is 0. The third-order valence-corrected chi connectivity index (χ3v) is 2.69. The third-order valence-electron chi connectivity index (χ3n) is 2.69. The molecule has 1 saturated heterocycles. The molecule has 0 bridgehead atoms. The molecule has 12 heavy (non-hydrogen) atoms. The lowest BCUT2D eigenvalue weighted by Gasteiger charge is -2.30. The molecule has 0 aromatic heterocycles. The van der Waals surface area contributed by atoms with Crippen molar-refractivity contribution in [2.24, 2.45) is 0 Å². The highest BCUT2D eigenvalue weighted by Crippen LogP contribution is 2.05. The van der Waals surface area contributed by atoms with Crippen LogP contribution >= 0.6 is 0 Å². The van der Waals surface area contributed by atoms with Gasteiger partial charge in [-0.25, -0.2) is 0 Å². The van der Waals surface area contributed by atoms with Crippen LogP contribution in [0.4, 0.5) is 0 Å². The molecule has 0 spiro atoms. The molecule has 0 saturated carbocycles. The van der Waals surface area contributed by atoms with Gasteiger partial charge in [-0.3, -0.25) is 0 Å². The van der Waals surface area contributed by atoms with Crippen LogP contribution in [0.2, 0.25) is 0 Å². The summed E-state index contributed by atoms with van der Waals surface area (Å²) in [6.07, 6.45) is 2.58. The van der Waals surface area contributed by atoms with E-state index in [2.05, 4.69) is 31.0 Å². The second-order valence-corrected chi connectivity index (χ2v) is 4.13. The van der Waals surface area contributed by atoms with Crippen molar-refractivity contribution >= 4 is 0 Å². The summed E-state index contributed by atoms with van der Waals surface area (Å²) in [7, 11) is 0. The van der Waals surface area contributed by atoms with E-state index in [0.29, 0.717) is 6.04 Å². The minimum atomic E-state index is 0.701. The molecule has 1 fully saturated rings. The summed E-state index contributed by atoms with van der Waals surface area (Å²) in [5.41, 5.74) is 0. The highest BCUT2D eigenvalue weighted by Gasteiger charge is 2.13. The van der Waals surface area contributed by atoms with Crippen LogP contribution in [0.3, 0.4) is 0 Å². The summed E-state index contributed by atoms with van der Waals surface area (Å²) in [4.78, 5) is 2.58. The molecule has 1 aliphatic heterocycles. The van der Waals surface area contributed by atoms with Gasteiger partial charge in [-0.15, -0.1) is 0 Å². The fourth-order valence-corrected chi connectivity index (χ4v) is 1.72. The van der Waals surface area contributed by atoms with Crippen LogP contribution in [0.25, 0.3) is 0 Å². The van der Waals surface area contributed by atoms with Crippen molar-refractivity contribution in [2.45, 2.75) is 45.7 Å². The maximum atomic E-state index is 3.52. The van der Waals surface area contributed by atoms with E-state index >= 15 is 0 Å². The van der Waals surface area contributed by atoms with Gasteiger partial charge in [0.1, 0.15) is 0 Å². The molecule has 72 valence electrons. The predicted octanol–water partition coefficient (Wildman–Crippen LogP) is 1.47. The highest BCUT2D eigenvalue weighted by atomic mass is 15.2. The van der Waals surface area contributed by atoms with Gasteiger partial charge in [0.15, 0.2) is 0 Å². The fraction of sp³-hybridized carbons (Fsp3) is 1.00. The van der Waals surface area contributed by atoms with Crippen molar-refractivity contribution in [1.29, 1.82) is 0 Å². The Bertz CT molecular complexity index is 123. The summed E-state index contributed by atoms with van der Waals surface area (Å²) in [6.45, 7) is 10.6. The molecule has 1 atom stereocenters. The average Bonchev–Trinajstić information content (AvgIpc) is 1.97. The van der Waals surface area contributed by atoms with Crippen LogP contribution in [0, 0.1) is 0 Å². The van der Waals surface area contributed by atoms with Crippen LogP contribution in [-0.2, 0) is 0 Å². The number of nitrogens with zero attached hydrogens (tertiary/aromatic N) is 1. The Morgan fingerprint density at radius 2 is 2.08 bits per heavy atom. The lowest BCUT2D eigenvalue weighted by Crippen LogP contribution is -2.41. The van der Waals surface area contributed by atoms with E-state index in [4.69, 9.17) is 0 Å². The molecule has 0 amide bonds. The van der Waals surface area contributed by atoms with Gasteiger partial charge < -0.3 is 10.2 Å². The SMILES string of the molecule is CC1CCN(C(C)C)CCCN1. The Labute approximate surface area is 76.3 Å². The second kappa shape index (κ2) is 4.83. The van der Waals surface area contributed by atoms with E-state index in [-0.39, 0.29) is 0 Å².